The Morgan fingerprint density at radius 3 is 2.35 bits per heavy atom. The third-order valence-corrected chi connectivity index (χ3v) is 3.54. The minimum absolute atomic E-state index is 0.681. The predicted octanol–water partition coefficient (Wildman–Crippen LogP) is 2.67. The molecule has 2 nitrogen and oxygen atoms in total. The molecule has 1 heterocycles. The number of allylic oxidation sites excluding steroid dienone is 1. The molecular weight excluding hydrogens is 210 g/mol. The quantitative estimate of drug-likeness (QED) is 0.805. The number of benzene rings is 1. The standard InChI is InChI=1S/C15H19NO/c1-3-13(2)16-11-9-15(17,10-12-16)14-7-5-4-6-8-14/h3-8,17H,1-2,9-12H2. The Labute approximate surface area is 103 Å². The molecule has 17 heavy (non-hydrogen) atoms. The van der Waals surface area contributed by atoms with Crippen LogP contribution in [0, 0.1) is 0 Å². The molecule has 0 aromatic heterocycles. The molecule has 1 aromatic carbocycles. The van der Waals surface area contributed by atoms with Gasteiger partial charge in [0.05, 0.1) is 5.60 Å². The average molecular weight is 229 g/mol. The first-order valence-corrected chi connectivity index (χ1v) is 6.00. The fraction of sp³-hybridized carbons (Fsp3) is 0.333. The van der Waals surface area contributed by atoms with Gasteiger partial charge in [0.1, 0.15) is 0 Å². The summed E-state index contributed by atoms with van der Waals surface area (Å²) >= 11 is 0. The van der Waals surface area contributed by atoms with Gasteiger partial charge in [0.2, 0.25) is 0 Å². The highest BCUT2D eigenvalue weighted by Crippen LogP contribution is 2.33. The van der Waals surface area contributed by atoms with Gasteiger partial charge in [-0.3, -0.25) is 0 Å². The first kappa shape index (κ1) is 11.9. The summed E-state index contributed by atoms with van der Waals surface area (Å²) in [5.41, 5.74) is 1.28. The van der Waals surface area contributed by atoms with Crippen LogP contribution in [0.3, 0.4) is 0 Å². The van der Waals surface area contributed by atoms with Crippen LogP contribution in [0.2, 0.25) is 0 Å². The minimum atomic E-state index is -0.681. The van der Waals surface area contributed by atoms with Crippen molar-refractivity contribution in [3.8, 4) is 0 Å². The number of likely N-dealkylation sites (tertiary alicyclic amines) is 1. The van der Waals surface area contributed by atoms with E-state index in [0.29, 0.717) is 0 Å². The second-order valence-electron chi connectivity index (χ2n) is 4.58. The summed E-state index contributed by atoms with van der Waals surface area (Å²) in [6.07, 6.45) is 3.25. The summed E-state index contributed by atoms with van der Waals surface area (Å²) < 4.78 is 0. The first-order chi connectivity index (χ1) is 8.15. The fourth-order valence-corrected chi connectivity index (χ4v) is 2.33. The van der Waals surface area contributed by atoms with Gasteiger partial charge in [-0.05, 0) is 24.5 Å². The lowest BCUT2D eigenvalue weighted by Gasteiger charge is -2.39. The lowest BCUT2D eigenvalue weighted by atomic mass is 9.84. The van der Waals surface area contributed by atoms with E-state index in [0.717, 1.165) is 37.2 Å². The Hall–Kier alpha value is -1.54. The molecule has 2 heteroatoms. The molecule has 1 aliphatic heterocycles. The molecule has 90 valence electrons. The van der Waals surface area contributed by atoms with Crippen LogP contribution >= 0.6 is 0 Å². The van der Waals surface area contributed by atoms with Crippen LogP contribution in [0.25, 0.3) is 0 Å². The molecule has 1 aliphatic rings. The van der Waals surface area contributed by atoms with Gasteiger partial charge in [0, 0.05) is 18.8 Å². The summed E-state index contributed by atoms with van der Waals surface area (Å²) in [6.45, 7) is 9.33. The molecule has 1 N–H and O–H groups in total. The normalized spacial score (nSPS) is 18.8. The van der Waals surface area contributed by atoms with Crippen molar-refractivity contribution in [2.75, 3.05) is 13.1 Å². The maximum atomic E-state index is 10.6. The van der Waals surface area contributed by atoms with Crippen LogP contribution < -0.4 is 0 Å². The molecule has 0 amide bonds. The predicted molar refractivity (Wildman–Crippen MR) is 70.5 cm³/mol. The van der Waals surface area contributed by atoms with E-state index in [1.165, 1.54) is 0 Å². The molecule has 0 saturated carbocycles. The number of nitrogens with zero attached hydrogens (tertiary/aromatic N) is 1. The van der Waals surface area contributed by atoms with Crippen LogP contribution in [0.15, 0.2) is 55.3 Å². The van der Waals surface area contributed by atoms with E-state index in [-0.39, 0.29) is 0 Å². The maximum Gasteiger partial charge on any atom is 0.0930 e. The number of hydrogen-bond acceptors (Lipinski definition) is 2. The van der Waals surface area contributed by atoms with Crippen molar-refractivity contribution in [2.45, 2.75) is 18.4 Å². The van der Waals surface area contributed by atoms with Crippen LogP contribution in [0.1, 0.15) is 18.4 Å². The molecule has 0 aliphatic carbocycles. The van der Waals surface area contributed by atoms with Crippen molar-refractivity contribution in [3.05, 3.63) is 60.8 Å². The molecule has 0 unspecified atom stereocenters. The van der Waals surface area contributed by atoms with E-state index in [9.17, 15) is 5.11 Å². The van der Waals surface area contributed by atoms with Gasteiger partial charge in [0.25, 0.3) is 0 Å². The van der Waals surface area contributed by atoms with Crippen molar-refractivity contribution < 1.29 is 5.11 Å². The van der Waals surface area contributed by atoms with Gasteiger partial charge in [-0.15, -0.1) is 0 Å². The number of rotatable bonds is 3. The second-order valence-corrected chi connectivity index (χ2v) is 4.58. The zero-order valence-electron chi connectivity index (χ0n) is 10.1. The molecule has 2 rings (SSSR count). The first-order valence-electron chi connectivity index (χ1n) is 6.00. The van der Waals surface area contributed by atoms with Gasteiger partial charge in [-0.1, -0.05) is 43.5 Å². The van der Waals surface area contributed by atoms with Crippen molar-refractivity contribution in [2.24, 2.45) is 0 Å². The van der Waals surface area contributed by atoms with E-state index < -0.39 is 5.60 Å². The smallest absolute Gasteiger partial charge is 0.0930 e. The van der Waals surface area contributed by atoms with E-state index in [1.807, 2.05) is 30.3 Å². The molecule has 0 atom stereocenters. The number of piperidine rings is 1. The highest BCUT2D eigenvalue weighted by atomic mass is 16.3. The third-order valence-electron chi connectivity index (χ3n) is 3.54. The van der Waals surface area contributed by atoms with Gasteiger partial charge in [-0.2, -0.15) is 0 Å². The zero-order chi connectivity index (χ0) is 12.3. The van der Waals surface area contributed by atoms with Gasteiger partial charge in [-0.25, -0.2) is 0 Å². The number of hydrogen-bond donors (Lipinski definition) is 1. The Morgan fingerprint density at radius 2 is 1.82 bits per heavy atom. The molecular formula is C15H19NO. The molecule has 1 saturated heterocycles. The maximum absolute atomic E-state index is 10.6. The van der Waals surface area contributed by atoms with Crippen LogP contribution in [-0.2, 0) is 5.60 Å². The van der Waals surface area contributed by atoms with E-state index in [4.69, 9.17) is 0 Å². The van der Waals surface area contributed by atoms with Gasteiger partial charge in [0.15, 0.2) is 0 Å². The van der Waals surface area contributed by atoms with Gasteiger partial charge < -0.3 is 10.0 Å². The lowest BCUT2D eigenvalue weighted by Crippen LogP contribution is -2.41. The highest BCUT2D eigenvalue weighted by Gasteiger charge is 2.33. The van der Waals surface area contributed by atoms with Crippen LogP contribution in [0.5, 0.6) is 0 Å². The summed E-state index contributed by atoms with van der Waals surface area (Å²) in [4.78, 5) is 2.17. The summed E-state index contributed by atoms with van der Waals surface area (Å²) in [5, 5.41) is 10.6. The second kappa shape index (κ2) is 4.76. The summed E-state index contributed by atoms with van der Waals surface area (Å²) in [5.74, 6) is 0. The monoisotopic (exact) mass is 229 g/mol. The summed E-state index contributed by atoms with van der Waals surface area (Å²) in [7, 11) is 0. The van der Waals surface area contributed by atoms with E-state index >= 15 is 0 Å². The summed E-state index contributed by atoms with van der Waals surface area (Å²) in [6, 6.07) is 9.92. The highest BCUT2D eigenvalue weighted by molar-refractivity contribution is 5.23. The zero-order valence-corrected chi connectivity index (χ0v) is 10.1. The van der Waals surface area contributed by atoms with E-state index in [2.05, 4.69) is 18.1 Å². The molecule has 0 radical (unpaired) electrons. The Balaban J connectivity index is 2.08. The van der Waals surface area contributed by atoms with Crippen molar-refractivity contribution in [1.82, 2.24) is 4.90 Å². The Morgan fingerprint density at radius 1 is 1.24 bits per heavy atom. The Bertz CT molecular complexity index is 402. The molecule has 0 spiro atoms. The molecule has 0 bridgehead atoms. The third kappa shape index (κ3) is 2.42. The average Bonchev–Trinajstić information content (AvgIpc) is 2.40. The van der Waals surface area contributed by atoms with Crippen molar-refractivity contribution in [1.29, 1.82) is 0 Å². The minimum Gasteiger partial charge on any atom is -0.385 e. The van der Waals surface area contributed by atoms with Crippen LogP contribution in [-0.4, -0.2) is 23.1 Å². The van der Waals surface area contributed by atoms with Crippen LogP contribution in [0.4, 0.5) is 0 Å². The largest absolute Gasteiger partial charge is 0.385 e. The SMILES string of the molecule is C=CC(=C)N1CCC(O)(c2ccccc2)CC1. The molecule has 1 fully saturated rings. The van der Waals surface area contributed by atoms with Gasteiger partial charge >= 0.3 is 0 Å². The molecule has 1 aromatic rings. The lowest BCUT2D eigenvalue weighted by molar-refractivity contribution is -0.0177. The van der Waals surface area contributed by atoms with Crippen molar-refractivity contribution >= 4 is 0 Å². The topological polar surface area (TPSA) is 23.5 Å². The fourth-order valence-electron chi connectivity index (χ4n) is 2.33. The van der Waals surface area contributed by atoms with Crippen molar-refractivity contribution in [3.63, 3.8) is 0 Å². The Kier molecular flexibility index (Phi) is 3.34. The van der Waals surface area contributed by atoms with E-state index in [1.54, 1.807) is 6.08 Å². The number of aliphatic hydroxyl groups is 1.